The van der Waals surface area contributed by atoms with Crippen LogP contribution < -0.4 is 0 Å². The molecule has 0 spiro atoms. The molecule has 0 amide bonds. The third-order valence-electron chi connectivity index (χ3n) is 3.43. The van der Waals surface area contributed by atoms with E-state index in [2.05, 4.69) is 11.8 Å². The van der Waals surface area contributed by atoms with Crippen LogP contribution in [-0.4, -0.2) is 29.9 Å². The monoisotopic (exact) mass is 201 g/mol. The highest BCUT2D eigenvalue weighted by molar-refractivity contribution is 6.20. The Morgan fingerprint density at radius 3 is 2.62 bits per heavy atom. The number of halogens is 1. The standard InChI is InChI=1S/C11H20ClN/c1-9-5-11(12)8-13(6-9)7-10-3-2-4-10/h9-11H,2-8H2,1H3. The fraction of sp³-hybridized carbons (Fsp3) is 1.00. The van der Waals surface area contributed by atoms with Gasteiger partial charge in [-0.3, -0.25) is 0 Å². The quantitative estimate of drug-likeness (QED) is 0.622. The molecule has 1 aliphatic carbocycles. The van der Waals surface area contributed by atoms with E-state index in [0.717, 1.165) is 18.4 Å². The predicted molar refractivity (Wildman–Crippen MR) is 57.2 cm³/mol. The van der Waals surface area contributed by atoms with Crippen LogP contribution in [0.1, 0.15) is 32.6 Å². The molecule has 1 aliphatic heterocycles. The van der Waals surface area contributed by atoms with Crippen LogP contribution in [0.5, 0.6) is 0 Å². The van der Waals surface area contributed by atoms with Crippen molar-refractivity contribution in [2.75, 3.05) is 19.6 Å². The first kappa shape index (κ1) is 9.79. The summed E-state index contributed by atoms with van der Waals surface area (Å²) in [5.41, 5.74) is 0. The van der Waals surface area contributed by atoms with Gasteiger partial charge >= 0.3 is 0 Å². The summed E-state index contributed by atoms with van der Waals surface area (Å²) in [4.78, 5) is 2.58. The summed E-state index contributed by atoms with van der Waals surface area (Å²) in [5, 5.41) is 0.406. The van der Waals surface area contributed by atoms with E-state index in [4.69, 9.17) is 11.6 Å². The molecule has 2 aliphatic rings. The van der Waals surface area contributed by atoms with Crippen LogP contribution in [0.2, 0.25) is 0 Å². The highest BCUT2D eigenvalue weighted by Crippen LogP contribution is 2.29. The zero-order chi connectivity index (χ0) is 9.26. The molecule has 1 saturated heterocycles. The lowest BCUT2D eigenvalue weighted by Gasteiger charge is -2.38. The summed E-state index contributed by atoms with van der Waals surface area (Å²) < 4.78 is 0. The summed E-state index contributed by atoms with van der Waals surface area (Å²) in [7, 11) is 0. The molecule has 2 heteroatoms. The second-order valence-electron chi connectivity index (χ2n) is 4.95. The second-order valence-corrected chi connectivity index (χ2v) is 5.57. The molecule has 13 heavy (non-hydrogen) atoms. The van der Waals surface area contributed by atoms with Gasteiger partial charge in [0.25, 0.3) is 0 Å². The third-order valence-corrected chi connectivity index (χ3v) is 3.74. The molecule has 76 valence electrons. The minimum atomic E-state index is 0.406. The van der Waals surface area contributed by atoms with Gasteiger partial charge in [-0.05, 0) is 31.1 Å². The molecule has 1 heterocycles. The number of piperidine rings is 1. The normalized spacial score (nSPS) is 37.4. The lowest BCUT2D eigenvalue weighted by Crippen LogP contribution is -2.43. The fourth-order valence-corrected chi connectivity index (χ4v) is 3.07. The average Bonchev–Trinajstić information content (AvgIpc) is 1.95. The molecule has 2 unspecified atom stereocenters. The predicted octanol–water partition coefficient (Wildman–Crippen LogP) is 2.74. The van der Waals surface area contributed by atoms with Crippen LogP contribution in [0.4, 0.5) is 0 Å². The van der Waals surface area contributed by atoms with E-state index in [9.17, 15) is 0 Å². The van der Waals surface area contributed by atoms with Crippen molar-refractivity contribution in [3.05, 3.63) is 0 Å². The first-order valence-corrected chi connectivity index (χ1v) is 6.04. The molecule has 0 aromatic carbocycles. The van der Waals surface area contributed by atoms with Crippen LogP contribution in [-0.2, 0) is 0 Å². The van der Waals surface area contributed by atoms with Crippen LogP contribution in [0, 0.1) is 11.8 Å². The van der Waals surface area contributed by atoms with Crippen molar-refractivity contribution < 1.29 is 0 Å². The van der Waals surface area contributed by atoms with E-state index < -0.39 is 0 Å². The van der Waals surface area contributed by atoms with Crippen molar-refractivity contribution in [1.82, 2.24) is 4.90 Å². The smallest absolute Gasteiger partial charge is 0.0466 e. The molecule has 0 radical (unpaired) electrons. The van der Waals surface area contributed by atoms with Crippen LogP contribution >= 0.6 is 11.6 Å². The molecule has 0 aromatic heterocycles. The largest absolute Gasteiger partial charge is 0.301 e. The molecule has 0 bridgehead atoms. The SMILES string of the molecule is CC1CC(Cl)CN(CC2CCC2)C1. The lowest BCUT2D eigenvalue weighted by molar-refractivity contribution is 0.132. The Balaban J connectivity index is 1.77. The van der Waals surface area contributed by atoms with E-state index in [1.165, 1.54) is 38.8 Å². The van der Waals surface area contributed by atoms with Crippen LogP contribution in [0.15, 0.2) is 0 Å². The number of hydrogen-bond acceptors (Lipinski definition) is 1. The van der Waals surface area contributed by atoms with E-state index in [1.54, 1.807) is 0 Å². The van der Waals surface area contributed by atoms with E-state index >= 15 is 0 Å². The average molecular weight is 202 g/mol. The third kappa shape index (κ3) is 2.60. The second kappa shape index (κ2) is 4.18. The zero-order valence-corrected chi connectivity index (χ0v) is 9.26. The number of likely N-dealkylation sites (tertiary alicyclic amines) is 1. The van der Waals surface area contributed by atoms with Crippen molar-refractivity contribution >= 4 is 11.6 Å². The Bertz CT molecular complexity index is 157. The number of alkyl halides is 1. The summed E-state index contributed by atoms with van der Waals surface area (Å²) in [6, 6.07) is 0. The van der Waals surface area contributed by atoms with Gasteiger partial charge in [-0.15, -0.1) is 11.6 Å². The zero-order valence-electron chi connectivity index (χ0n) is 8.51. The van der Waals surface area contributed by atoms with E-state index in [0.29, 0.717) is 5.38 Å². The first-order valence-electron chi connectivity index (χ1n) is 5.60. The van der Waals surface area contributed by atoms with E-state index in [-0.39, 0.29) is 0 Å². The molecule has 2 rings (SSSR count). The van der Waals surface area contributed by atoms with Gasteiger partial charge in [-0.25, -0.2) is 0 Å². The minimum absolute atomic E-state index is 0.406. The molecule has 2 fully saturated rings. The maximum Gasteiger partial charge on any atom is 0.0466 e. The van der Waals surface area contributed by atoms with Gasteiger partial charge in [0.1, 0.15) is 0 Å². The fourth-order valence-electron chi connectivity index (χ4n) is 2.57. The molecule has 0 aromatic rings. The van der Waals surface area contributed by atoms with Crippen molar-refractivity contribution in [2.24, 2.45) is 11.8 Å². The summed E-state index contributed by atoms with van der Waals surface area (Å²) in [6.45, 7) is 6.04. The van der Waals surface area contributed by atoms with Crippen molar-refractivity contribution in [2.45, 2.75) is 38.0 Å². The number of hydrogen-bond donors (Lipinski definition) is 0. The van der Waals surface area contributed by atoms with Crippen molar-refractivity contribution in [3.8, 4) is 0 Å². The Morgan fingerprint density at radius 2 is 2.08 bits per heavy atom. The van der Waals surface area contributed by atoms with Crippen LogP contribution in [0.25, 0.3) is 0 Å². The molecule has 1 nitrogen and oxygen atoms in total. The van der Waals surface area contributed by atoms with E-state index in [1.807, 2.05) is 0 Å². The molecule has 1 saturated carbocycles. The Labute approximate surface area is 86.4 Å². The Kier molecular flexibility index (Phi) is 3.15. The highest BCUT2D eigenvalue weighted by Gasteiger charge is 2.26. The van der Waals surface area contributed by atoms with Crippen LogP contribution in [0.3, 0.4) is 0 Å². The maximum atomic E-state index is 6.21. The van der Waals surface area contributed by atoms with Gasteiger partial charge in [-0.2, -0.15) is 0 Å². The topological polar surface area (TPSA) is 3.24 Å². The van der Waals surface area contributed by atoms with Gasteiger partial charge in [0.2, 0.25) is 0 Å². The Morgan fingerprint density at radius 1 is 1.31 bits per heavy atom. The van der Waals surface area contributed by atoms with Gasteiger partial charge in [0.05, 0.1) is 0 Å². The maximum absolute atomic E-state index is 6.21. The summed E-state index contributed by atoms with van der Waals surface area (Å²) in [6.07, 6.45) is 5.58. The lowest BCUT2D eigenvalue weighted by atomic mass is 9.84. The van der Waals surface area contributed by atoms with Gasteiger partial charge < -0.3 is 4.90 Å². The first-order chi connectivity index (χ1) is 6.24. The molecular weight excluding hydrogens is 182 g/mol. The molecule has 2 atom stereocenters. The summed E-state index contributed by atoms with van der Waals surface area (Å²) >= 11 is 6.21. The van der Waals surface area contributed by atoms with Gasteiger partial charge in [0, 0.05) is 25.0 Å². The summed E-state index contributed by atoms with van der Waals surface area (Å²) in [5.74, 6) is 1.80. The molecular formula is C11H20ClN. The van der Waals surface area contributed by atoms with Crippen molar-refractivity contribution in [3.63, 3.8) is 0 Å². The van der Waals surface area contributed by atoms with Gasteiger partial charge in [0.15, 0.2) is 0 Å². The minimum Gasteiger partial charge on any atom is -0.301 e. The van der Waals surface area contributed by atoms with Crippen molar-refractivity contribution in [1.29, 1.82) is 0 Å². The number of rotatable bonds is 2. The highest BCUT2D eigenvalue weighted by atomic mass is 35.5. The van der Waals surface area contributed by atoms with Gasteiger partial charge in [-0.1, -0.05) is 13.3 Å². The number of nitrogens with zero attached hydrogens (tertiary/aromatic N) is 1. The molecule has 0 N–H and O–H groups in total. The Hall–Kier alpha value is 0.250.